The van der Waals surface area contributed by atoms with Crippen LogP contribution in [0.15, 0.2) is 88.0 Å². The molecule has 79 heavy (non-hydrogen) atoms. The van der Waals surface area contributed by atoms with Crippen molar-refractivity contribution in [2.45, 2.75) is 178 Å². The van der Waals surface area contributed by atoms with Gasteiger partial charge in [-0.3, -0.25) is 9.79 Å². The fourth-order valence-electron chi connectivity index (χ4n) is 21.0. The van der Waals surface area contributed by atoms with E-state index in [2.05, 4.69) is 71.4 Å². The number of aliphatic hydroxyl groups excluding tert-OH is 5. The number of ketones is 1. The Bertz CT molecular complexity index is 2710. The molecule has 0 radical (unpaired) electrons. The van der Waals surface area contributed by atoms with Crippen molar-refractivity contribution in [1.29, 1.82) is 0 Å². The number of nitrogens with zero attached hydrogens (tertiary/aromatic N) is 3. The Labute approximate surface area is 477 Å². The van der Waals surface area contributed by atoms with Gasteiger partial charge in [-0.2, -0.15) is 0 Å². The Morgan fingerprint density at radius 1 is 0.962 bits per heavy atom. The number of aryl methyl sites for hydroxylation is 1. The zero-order valence-corrected chi connectivity index (χ0v) is 49.2. The van der Waals surface area contributed by atoms with Crippen LogP contribution >= 0.6 is 21.6 Å². The average molecular weight is 1120 g/mol. The lowest BCUT2D eigenvalue weighted by atomic mass is 9.40. The summed E-state index contributed by atoms with van der Waals surface area (Å²) in [6.07, 6.45) is 20.0. The molecule has 7 fully saturated rings. The molecule has 19 atom stereocenters. The van der Waals surface area contributed by atoms with Crippen molar-refractivity contribution >= 4 is 33.3 Å². The van der Waals surface area contributed by atoms with Crippen LogP contribution in [0.1, 0.15) is 142 Å². The van der Waals surface area contributed by atoms with Crippen LogP contribution in [-0.4, -0.2) is 120 Å². The van der Waals surface area contributed by atoms with Gasteiger partial charge in [-0.25, -0.2) is 4.98 Å². The lowest BCUT2D eigenvalue weighted by Crippen LogP contribution is -2.69. The van der Waals surface area contributed by atoms with Crippen LogP contribution in [0.2, 0.25) is 0 Å². The largest absolute Gasteiger partial charge is 0.396 e. The van der Waals surface area contributed by atoms with Gasteiger partial charge in [-0.15, -0.1) is 0 Å². The average Bonchev–Trinajstić information content (AvgIpc) is 2.84. The second-order valence-corrected chi connectivity index (χ2v) is 30.6. The Morgan fingerprint density at radius 3 is 2.44 bits per heavy atom. The SMILES string of the molecule is CNC[C@H]1[C@@H](O)[C@@H](O)C[C@]2(C)[C@@H]3C(=CC(=O)[C@H]12)[C@]1(O)[C@@H]2C[C@H]([C@@H]4C[C@@H]5CCCC6=C5[C@H](C(=C5CCCC7(CCCC7)[C@H]65)C(C)(C)C[C@@H](n5ccnc5)CSS[C@H]2CCc2ccccc2)[C@H]4O)[C@@]1(CO)C[C@@H]3CN=C(N)N[C@@H](C)O. The van der Waals surface area contributed by atoms with Crippen molar-refractivity contribution < 1.29 is 35.4 Å². The molecule has 0 amide bonds. The molecule has 1 spiro atoms. The third kappa shape index (κ3) is 9.07. The van der Waals surface area contributed by atoms with E-state index in [0.717, 1.165) is 57.1 Å². The number of nitrogens with one attached hydrogen (secondary N) is 2. The quantitative estimate of drug-likeness (QED) is 0.0360. The van der Waals surface area contributed by atoms with Gasteiger partial charge in [0.1, 0.15) is 6.23 Å². The summed E-state index contributed by atoms with van der Waals surface area (Å²) in [4.78, 5) is 25.2. The van der Waals surface area contributed by atoms with Gasteiger partial charge in [0, 0.05) is 77.5 Å². The highest BCUT2D eigenvalue weighted by Crippen LogP contribution is 2.75. The van der Waals surface area contributed by atoms with Gasteiger partial charge in [0.05, 0.1) is 36.8 Å². The summed E-state index contributed by atoms with van der Waals surface area (Å²) in [5.74, 6) is -1.95. The van der Waals surface area contributed by atoms with E-state index in [1.165, 1.54) is 49.7 Å². The third-order valence-electron chi connectivity index (χ3n) is 23.5. The molecule has 1 aromatic heterocycles. The molecular weight excluding hydrogens is 1030 g/mol. The van der Waals surface area contributed by atoms with E-state index in [1.807, 2.05) is 40.2 Å². The maximum atomic E-state index is 15.6. The Balaban J connectivity index is 1.08. The summed E-state index contributed by atoms with van der Waals surface area (Å²) in [6.45, 7) is 8.80. The maximum Gasteiger partial charge on any atom is 0.190 e. The summed E-state index contributed by atoms with van der Waals surface area (Å²) >= 11 is 0. The summed E-state index contributed by atoms with van der Waals surface area (Å²) in [5.41, 5.74) is 10.9. The minimum Gasteiger partial charge on any atom is -0.396 e. The normalized spacial score (nSPS) is 42.8. The molecule has 0 unspecified atom stereocenters. The summed E-state index contributed by atoms with van der Waals surface area (Å²) in [7, 11) is 5.56. The van der Waals surface area contributed by atoms with Gasteiger partial charge in [-0.1, -0.05) is 108 Å². The zero-order chi connectivity index (χ0) is 55.4. The molecule has 10 aliphatic rings. The van der Waals surface area contributed by atoms with Crippen LogP contribution < -0.4 is 16.4 Å². The smallest absolute Gasteiger partial charge is 0.190 e. The number of hydrogen-bond acceptors (Lipinski definition) is 12. The Hall–Kier alpha value is -2.99. The Morgan fingerprint density at radius 2 is 1.72 bits per heavy atom. The van der Waals surface area contributed by atoms with E-state index in [9.17, 15) is 25.5 Å². The molecule has 9 aliphatic carbocycles. The molecular formula is C64H92N6O7S2. The summed E-state index contributed by atoms with van der Waals surface area (Å²) < 4.78 is 2.32. The highest BCUT2D eigenvalue weighted by atomic mass is 33.1. The number of aromatic nitrogens is 2. The minimum atomic E-state index is -1.72. The number of carbonyl (C=O) groups is 1. The van der Waals surface area contributed by atoms with Crippen molar-refractivity contribution in [3.8, 4) is 0 Å². The lowest BCUT2D eigenvalue weighted by Gasteiger charge is -2.65. The highest BCUT2D eigenvalue weighted by molar-refractivity contribution is 8.76. The Kier molecular flexibility index (Phi) is 15.4. The summed E-state index contributed by atoms with van der Waals surface area (Å²) in [6, 6.07) is 10.7. The fourth-order valence-corrected chi connectivity index (χ4v) is 24.3. The molecule has 2 aromatic rings. The number of rotatable bonds is 10. The fraction of sp³-hybridized carbons (Fsp3) is 0.734. The van der Waals surface area contributed by atoms with Gasteiger partial charge in [0.25, 0.3) is 0 Å². The first-order valence-electron chi connectivity index (χ1n) is 30.7. The molecule has 10 N–H and O–H groups in total. The van der Waals surface area contributed by atoms with Gasteiger partial charge in [0.2, 0.25) is 0 Å². The maximum absolute atomic E-state index is 15.6. The van der Waals surface area contributed by atoms with Gasteiger partial charge in [0.15, 0.2) is 11.7 Å². The second-order valence-electron chi connectivity index (χ2n) is 27.9. The van der Waals surface area contributed by atoms with Crippen molar-refractivity contribution in [3.63, 3.8) is 0 Å². The molecule has 4 bridgehead atoms. The van der Waals surface area contributed by atoms with Crippen molar-refractivity contribution in [2.75, 3.05) is 32.5 Å². The molecule has 15 heteroatoms. The van der Waals surface area contributed by atoms with E-state index in [0.29, 0.717) is 30.9 Å². The topological polar surface area (TPSA) is 219 Å². The summed E-state index contributed by atoms with van der Waals surface area (Å²) in [5, 5.41) is 82.6. The molecule has 1 saturated heterocycles. The third-order valence-corrected chi connectivity index (χ3v) is 26.5. The molecule has 2 heterocycles. The number of carbonyl (C=O) groups excluding carboxylic acids is 1. The van der Waals surface area contributed by atoms with Crippen LogP contribution in [-0.2, 0) is 11.2 Å². The van der Waals surface area contributed by atoms with E-state index in [1.54, 1.807) is 36.8 Å². The second kappa shape index (κ2) is 21.6. The number of allylic oxidation sites excluding steroid dienone is 3. The molecule has 12 rings (SSSR count). The van der Waals surface area contributed by atoms with E-state index < -0.39 is 64.6 Å². The zero-order valence-electron chi connectivity index (χ0n) is 47.6. The lowest BCUT2D eigenvalue weighted by molar-refractivity contribution is -0.195. The van der Waals surface area contributed by atoms with Crippen LogP contribution in [0, 0.1) is 80.8 Å². The first-order chi connectivity index (χ1) is 37.9. The number of fused-ring (bicyclic) bond motifs is 14. The predicted molar refractivity (Wildman–Crippen MR) is 313 cm³/mol. The molecule has 432 valence electrons. The predicted octanol–water partition coefficient (Wildman–Crippen LogP) is 8.32. The number of aliphatic imine (C=N–C) groups is 1. The van der Waals surface area contributed by atoms with Gasteiger partial charge >= 0.3 is 0 Å². The number of aliphatic hydroxyl groups is 6. The number of hydrogen-bond donors (Lipinski definition) is 9. The highest BCUT2D eigenvalue weighted by Gasteiger charge is 2.76. The van der Waals surface area contributed by atoms with Crippen molar-refractivity contribution in [2.24, 2.45) is 91.6 Å². The standard InChI is InChI=1S/C64H92N6O7S2/c1-36(72)69-59(65)68-31-39-28-63(34-71)45-26-46(64(63,77)47-27-48(73)55-44(32-66-5)57(75)49(74)30-61(55,4)53(39)47)50(19-18-37-13-7-6-8-14-37)79-78-33-40(70-24-23-67-35-70)29-60(2,3)56-42-17-12-22-62(20-9-10-21-62)54(42)41-16-11-15-38-25-43(45)58(76)52(56)51(38)41/h6-8,13-14,23-24,27,35-36,38-40,43-46,49-50,52-55,57-58,66,71-72,74-77H,9-12,15-22,25-26,28-34H2,1-5H3,(H3,65,68,69)/t36-,38+,39-,40-,43+,44-,45-,46-,49+,50+,52-,53+,54-,55+,57-,58+,61-,63+,64-/m1/s1. The minimum absolute atomic E-state index is 0.0749. The monoisotopic (exact) mass is 1120 g/mol. The molecule has 6 saturated carbocycles. The molecule has 1 aliphatic heterocycles. The van der Waals surface area contributed by atoms with Gasteiger partial charge in [-0.05, 0) is 173 Å². The van der Waals surface area contributed by atoms with Crippen LogP contribution in [0.3, 0.4) is 0 Å². The number of imidazole rings is 1. The number of guanidine groups is 1. The van der Waals surface area contributed by atoms with Crippen molar-refractivity contribution in [3.05, 3.63) is 88.6 Å². The van der Waals surface area contributed by atoms with Crippen molar-refractivity contribution in [1.82, 2.24) is 20.2 Å². The molecule has 1 aromatic carbocycles. The molecule has 13 nitrogen and oxygen atoms in total. The first kappa shape index (κ1) is 56.5. The van der Waals surface area contributed by atoms with E-state index in [4.69, 9.17) is 10.7 Å². The van der Waals surface area contributed by atoms with Gasteiger partial charge < -0.3 is 51.6 Å². The van der Waals surface area contributed by atoms with E-state index in [-0.39, 0.29) is 83.0 Å². The number of nitrogens with two attached hydrogens (primary N) is 1. The van der Waals surface area contributed by atoms with Crippen LogP contribution in [0.5, 0.6) is 0 Å². The number of benzene rings is 1. The van der Waals surface area contributed by atoms with Crippen LogP contribution in [0.4, 0.5) is 0 Å². The first-order valence-corrected chi connectivity index (χ1v) is 33.1. The van der Waals surface area contributed by atoms with E-state index >= 15 is 9.90 Å². The van der Waals surface area contributed by atoms with Crippen LogP contribution in [0.25, 0.3) is 0 Å².